The first-order valence-electron chi connectivity index (χ1n) is 5.69. The van der Waals surface area contributed by atoms with Crippen molar-refractivity contribution >= 4 is 43.0 Å². The lowest BCUT2D eigenvalue weighted by molar-refractivity contribution is 0.603. The molecule has 0 radical (unpaired) electrons. The van der Waals surface area contributed by atoms with Crippen molar-refractivity contribution in [2.75, 3.05) is 11.3 Å². The molecule has 4 nitrogen and oxygen atoms in total. The van der Waals surface area contributed by atoms with E-state index in [0.29, 0.717) is 13.0 Å². The van der Waals surface area contributed by atoms with Crippen molar-refractivity contribution < 1.29 is 12.8 Å². The van der Waals surface area contributed by atoms with Crippen molar-refractivity contribution in [2.45, 2.75) is 10.6 Å². The third-order valence-corrected chi connectivity index (χ3v) is 6.13. The molecule has 0 bridgehead atoms. The summed E-state index contributed by atoms with van der Waals surface area (Å²) < 4.78 is 40.5. The predicted molar refractivity (Wildman–Crippen MR) is 82.0 cm³/mol. The third kappa shape index (κ3) is 3.57. The van der Waals surface area contributed by atoms with Gasteiger partial charge in [0.1, 0.15) is 10.0 Å². The molecule has 0 fully saturated rings. The minimum atomic E-state index is -3.69. The zero-order chi connectivity index (χ0) is 14.8. The monoisotopic (exact) mass is 378 g/mol. The van der Waals surface area contributed by atoms with Crippen LogP contribution in [0.15, 0.2) is 39.0 Å². The van der Waals surface area contributed by atoms with Crippen molar-refractivity contribution in [1.29, 1.82) is 0 Å². The molecule has 1 aromatic carbocycles. The highest BCUT2D eigenvalue weighted by Gasteiger charge is 2.17. The molecular weight excluding hydrogens is 367 g/mol. The number of hydrogen-bond acceptors (Lipinski definition) is 4. The number of thiophene rings is 1. The maximum absolute atomic E-state index is 13.4. The number of halogens is 2. The van der Waals surface area contributed by atoms with Crippen molar-refractivity contribution in [3.8, 4) is 0 Å². The van der Waals surface area contributed by atoms with Gasteiger partial charge in [-0.05, 0) is 59.2 Å². The summed E-state index contributed by atoms with van der Waals surface area (Å²) in [5.74, 6) is -0.528. The van der Waals surface area contributed by atoms with Gasteiger partial charge in [0.25, 0.3) is 10.0 Å². The smallest absolute Gasteiger partial charge is 0.271 e. The molecule has 0 aliphatic carbocycles. The molecule has 0 aliphatic rings. The Bertz CT molecular complexity index is 716. The summed E-state index contributed by atoms with van der Waals surface area (Å²) >= 11 is 4.17. The van der Waals surface area contributed by atoms with Crippen LogP contribution >= 0.6 is 27.3 Å². The minimum Gasteiger partial charge on any atom is -0.330 e. The van der Waals surface area contributed by atoms with E-state index in [1.54, 1.807) is 6.07 Å². The summed E-state index contributed by atoms with van der Waals surface area (Å²) in [5.41, 5.74) is 5.61. The molecule has 1 heterocycles. The van der Waals surface area contributed by atoms with Crippen molar-refractivity contribution in [2.24, 2.45) is 5.73 Å². The Morgan fingerprint density at radius 1 is 1.30 bits per heavy atom. The van der Waals surface area contributed by atoms with Gasteiger partial charge in [0.15, 0.2) is 0 Å². The Hall–Kier alpha value is -0.960. The molecule has 0 saturated heterocycles. The highest BCUT2D eigenvalue weighted by atomic mass is 79.9. The van der Waals surface area contributed by atoms with E-state index in [1.807, 2.05) is 0 Å². The van der Waals surface area contributed by atoms with Crippen LogP contribution < -0.4 is 10.5 Å². The van der Waals surface area contributed by atoms with E-state index in [9.17, 15) is 12.8 Å². The van der Waals surface area contributed by atoms with Gasteiger partial charge in [-0.1, -0.05) is 0 Å². The molecule has 108 valence electrons. The lowest BCUT2D eigenvalue weighted by atomic mass is 10.3. The Kier molecular flexibility index (Phi) is 4.79. The first kappa shape index (κ1) is 15.4. The van der Waals surface area contributed by atoms with Gasteiger partial charge in [-0.15, -0.1) is 11.3 Å². The number of benzene rings is 1. The van der Waals surface area contributed by atoms with Crippen LogP contribution in [0.25, 0.3) is 0 Å². The summed E-state index contributed by atoms with van der Waals surface area (Å²) in [5, 5.41) is 0. The van der Waals surface area contributed by atoms with Gasteiger partial charge in [-0.25, -0.2) is 12.8 Å². The highest BCUT2D eigenvalue weighted by molar-refractivity contribution is 9.10. The van der Waals surface area contributed by atoms with E-state index in [4.69, 9.17) is 5.73 Å². The number of sulfonamides is 1. The van der Waals surface area contributed by atoms with Crippen molar-refractivity contribution in [3.05, 3.63) is 45.5 Å². The van der Waals surface area contributed by atoms with Crippen molar-refractivity contribution in [1.82, 2.24) is 0 Å². The summed E-state index contributed by atoms with van der Waals surface area (Å²) in [6.07, 6.45) is 0.632. The molecule has 0 spiro atoms. The Balaban J connectivity index is 2.23. The van der Waals surface area contributed by atoms with Crippen LogP contribution in [0.2, 0.25) is 0 Å². The fraction of sp³-hybridized carbons (Fsp3) is 0.167. The van der Waals surface area contributed by atoms with E-state index in [0.717, 1.165) is 22.3 Å². The summed E-state index contributed by atoms with van der Waals surface area (Å²) in [6, 6.07) is 7.30. The Morgan fingerprint density at radius 2 is 2.05 bits per heavy atom. The van der Waals surface area contributed by atoms with E-state index in [2.05, 4.69) is 20.7 Å². The summed E-state index contributed by atoms with van der Waals surface area (Å²) in [6.45, 7) is 0.464. The quantitative estimate of drug-likeness (QED) is 0.839. The molecule has 2 rings (SSSR count). The second-order valence-corrected chi connectivity index (χ2v) is 7.93. The number of hydrogen-bond donors (Lipinski definition) is 2. The summed E-state index contributed by atoms with van der Waals surface area (Å²) in [4.78, 5) is 0.898. The molecule has 8 heteroatoms. The van der Waals surface area contributed by atoms with Gasteiger partial charge >= 0.3 is 0 Å². The SMILES string of the molecule is NCCc1ccc(S(=O)(=O)Nc2ccc(Br)c(F)c2)s1. The predicted octanol–water partition coefficient (Wildman–Crippen LogP) is 2.95. The maximum Gasteiger partial charge on any atom is 0.271 e. The van der Waals surface area contributed by atoms with Gasteiger partial charge in [-0.3, -0.25) is 4.72 Å². The normalized spacial score (nSPS) is 11.6. The molecule has 0 unspecified atom stereocenters. The van der Waals surface area contributed by atoms with Crippen LogP contribution in [0.5, 0.6) is 0 Å². The van der Waals surface area contributed by atoms with Crippen LogP contribution in [0.1, 0.15) is 4.88 Å². The zero-order valence-corrected chi connectivity index (χ0v) is 13.5. The van der Waals surface area contributed by atoms with Gasteiger partial charge in [0.05, 0.1) is 10.2 Å². The summed E-state index contributed by atoms with van der Waals surface area (Å²) in [7, 11) is -3.69. The Labute approximate surface area is 129 Å². The molecular formula is C12H12BrFN2O2S2. The molecule has 2 aromatic rings. The van der Waals surface area contributed by atoms with Gasteiger partial charge in [0, 0.05) is 4.88 Å². The minimum absolute atomic E-state index is 0.180. The first-order chi connectivity index (χ1) is 9.42. The number of nitrogens with one attached hydrogen (secondary N) is 1. The van der Waals surface area contributed by atoms with Gasteiger partial charge < -0.3 is 5.73 Å². The van der Waals surface area contributed by atoms with E-state index in [-0.39, 0.29) is 14.4 Å². The van der Waals surface area contributed by atoms with Gasteiger partial charge in [0.2, 0.25) is 0 Å². The third-order valence-electron chi connectivity index (χ3n) is 2.46. The molecule has 0 atom stereocenters. The second kappa shape index (κ2) is 6.21. The fourth-order valence-corrected chi connectivity index (χ4v) is 4.21. The average molecular weight is 379 g/mol. The van der Waals surface area contributed by atoms with E-state index < -0.39 is 15.8 Å². The van der Waals surface area contributed by atoms with E-state index >= 15 is 0 Å². The molecule has 20 heavy (non-hydrogen) atoms. The van der Waals surface area contributed by atoms with Crippen LogP contribution in [-0.2, 0) is 16.4 Å². The Morgan fingerprint density at radius 3 is 2.70 bits per heavy atom. The van der Waals surface area contributed by atoms with Crippen LogP contribution in [0, 0.1) is 5.82 Å². The lowest BCUT2D eigenvalue weighted by Gasteiger charge is -2.06. The van der Waals surface area contributed by atoms with Crippen LogP contribution in [0.3, 0.4) is 0 Å². The first-order valence-corrected chi connectivity index (χ1v) is 8.78. The topological polar surface area (TPSA) is 72.2 Å². The largest absolute Gasteiger partial charge is 0.330 e. The molecule has 1 aromatic heterocycles. The lowest BCUT2D eigenvalue weighted by Crippen LogP contribution is -2.11. The van der Waals surface area contributed by atoms with E-state index in [1.165, 1.54) is 18.2 Å². The van der Waals surface area contributed by atoms with Crippen LogP contribution in [0.4, 0.5) is 10.1 Å². The maximum atomic E-state index is 13.4. The zero-order valence-electron chi connectivity index (χ0n) is 10.3. The molecule has 0 saturated carbocycles. The van der Waals surface area contributed by atoms with Crippen molar-refractivity contribution in [3.63, 3.8) is 0 Å². The molecule has 3 N–H and O–H groups in total. The molecule has 0 amide bonds. The van der Waals surface area contributed by atoms with Gasteiger partial charge in [-0.2, -0.15) is 0 Å². The fourth-order valence-electron chi connectivity index (χ4n) is 1.54. The standard InChI is InChI=1S/C12H12BrFN2O2S2/c13-10-3-1-8(7-11(10)14)16-20(17,18)12-4-2-9(19-12)5-6-15/h1-4,7,16H,5-6,15H2. The molecule has 0 aliphatic heterocycles. The average Bonchev–Trinajstić information content (AvgIpc) is 2.83. The second-order valence-electron chi connectivity index (χ2n) is 3.99. The number of anilines is 1. The number of nitrogens with two attached hydrogens (primary N) is 1. The highest BCUT2D eigenvalue weighted by Crippen LogP contribution is 2.26. The number of rotatable bonds is 5. The van der Waals surface area contributed by atoms with Crippen LogP contribution in [-0.4, -0.2) is 15.0 Å².